The van der Waals surface area contributed by atoms with Crippen LogP contribution in [0.1, 0.15) is 5.56 Å². The molecule has 0 fully saturated rings. The monoisotopic (exact) mass is 361 g/mol. The minimum atomic E-state index is -0.275. The first-order valence-corrected chi connectivity index (χ1v) is 8.78. The second-order valence-corrected chi connectivity index (χ2v) is 6.62. The number of carbonyl (C=O) groups is 1. The van der Waals surface area contributed by atoms with Crippen molar-refractivity contribution >= 4 is 28.9 Å². The van der Waals surface area contributed by atoms with Crippen LogP contribution in [0.3, 0.4) is 0 Å². The third-order valence-corrected chi connectivity index (χ3v) is 4.99. The lowest BCUT2D eigenvalue weighted by atomic mass is 10.2. The summed E-state index contributed by atoms with van der Waals surface area (Å²) in [6.07, 6.45) is 1.53. The average Bonchev–Trinajstić information content (AvgIpc) is 2.93. The molecule has 1 aliphatic rings. The topological polar surface area (TPSA) is 84.0 Å². The summed E-state index contributed by atoms with van der Waals surface area (Å²) in [7, 11) is 3.68. The van der Waals surface area contributed by atoms with Crippen LogP contribution in [0, 0.1) is 22.7 Å². The van der Waals surface area contributed by atoms with Crippen LogP contribution < -0.4 is 9.80 Å². The van der Waals surface area contributed by atoms with E-state index >= 15 is 0 Å². The number of pyridine rings is 1. The van der Waals surface area contributed by atoms with Crippen molar-refractivity contribution in [1.29, 1.82) is 10.5 Å². The van der Waals surface area contributed by atoms with Crippen LogP contribution in [-0.4, -0.2) is 30.6 Å². The fourth-order valence-corrected chi connectivity index (χ4v) is 3.60. The molecule has 0 bridgehead atoms. The van der Waals surface area contributed by atoms with Crippen LogP contribution >= 0.6 is 11.8 Å². The summed E-state index contributed by atoms with van der Waals surface area (Å²) < 4.78 is 0. The Bertz CT molecular complexity index is 955. The van der Waals surface area contributed by atoms with Crippen LogP contribution in [0.4, 0.5) is 11.4 Å². The van der Waals surface area contributed by atoms with E-state index in [1.807, 2.05) is 54.2 Å². The van der Waals surface area contributed by atoms with Gasteiger partial charge in [0.25, 0.3) is 0 Å². The number of carbonyl (C=O) groups excluding carboxylic acids is 1. The number of Topliss-reactive ketones (excluding diaryl/α,β-unsaturated/α-hetero) is 1. The number of hydrogen-bond donors (Lipinski definition) is 0. The first kappa shape index (κ1) is 17.5. The normalized spacial score (nSPS) is 12.4. The van der Waals surface area contributed by atoms with Gasteiger partial charge in [0.05, 0.1) is 33.8 Å². The van der Waals surface area contributed by atoms with Crippen LogP contribution in [0.5, 0.6) is 0 Å². The van der Waals surface area contributed by atoms with Gasteiger partial charge in [-0.3, -0.25) is 4.79 Å². The molecule has 0 radical (unpaired) electrons. The van der Waals surface area contributed by atoms with E-state index in [4.69, 9.17) is 5.26 Å². The highest BCUT2D eigenvalue weighted by molar-refractivity contribution is 7.99. The molecule has 1 aromatic heterocycles. The minimum absolute atomic E-state index is 0.0757. The molecule has 26 heavy (non-hydrogen) atoms. The van der Waals surface area contributed by atoms with Crippen molar-refractivity contribution in [2.24, 2.45) is 0 Å². The molecule has 0 aliphatic carbocycles. The van der Waals surface area contributed by atoms with Gasteiger partial charge in [-0.05, 0) is 24.3 Å². The Hall–Kier alpha value is -3.29. The summed E-state index contributed by atoms with van der Waals surface area (Å²) >= 11 is 1.21. The Balaban J connectivity index is 1.85. The number of benzene rings is 1. The molecule has 0 saturated heterocycles. The Morgan fingerprint density at radius 2 is 1.81 bits per heavy atom. The number of hydrogen-bond acceptors (Lipinski definition) is 7. The number of nitrogens with zero attached hydrogens (tertiary/aromatic N) is 5. The molecule has 2 heterocycles. The zero-order valence-electron chi connectivity index (χ0n) is 14.3. The van der Waals surface area contributed by atoms with E-state index in [9.17, 15) is 10.1 Å². The maximum absolute atomic E-state index is 12.7. The lowest BCUT2D eigenvalue weighted by Gasteiger charge is -2.19. The molecule has 3 rings (SSSR count). The second-order valence-electron chi connectivity index (χ2n) is 5.62. The number of anilines is 2. The van der Waals surface area contributed by atoms with Crippen molar-refractivity contribution in [3.63, 3.8) is 0 Å². The van der Waals surface area contributed by atoms with Gasteiger partial charge in [-0.1, -0.05) is 23.9 Å². The Morgan fingerprint density at radius 3 is 2.38 bits per heavy atom. The zero-order chi connectivity index (χ0) is 18.7. The number of fused-ring (bicyclic) bond motifs is 1. The van der Waals surface area contributed by atoms with E-state index in [1.54, 1.807) is 12.1 Å². The molecular formula is C19H15N5OS. The van der Waals surface area contributed by atoms with Crippen molar-refractivity contribution in [3.8, 4) is 12.1 Å². The molecule has 0 N–H and O–H groups in total. The fraction of sp³-hybridized carbons (Fsp3) is 0.158. The van der Waals surface area contributed by atoms with Crippen LogP contribution in [-0.2, 0) is 4.79 Å². The van der Waals surface area contributed by atoms with Gasteiger partial charge >= 0.3 is 0 Å². The van der Waals surface area contributed by atoms with Crippen molar-refractivity contribution in [1.82, 2.24) is 4.98 Å². The lowest BCUT2D eigenvalue weighted by molar-refractivity contribution is -0.112. The quantitative estimate of drug-likeness (QED) is 0.470. The molecular weight excluding hydrogens is 346 g/mol. The summed E-state index contributed by atoms with van der Waals surface area (Å²) in [5.41, 5.74) is 2.48. The summed E-state index contributed by atoms with van der Waals surface area (Å²) in [6.45, 7) is 0. The van der Waals surface area contributed by atoms with Gasteiger partial charge in [-0.2, -0.15) is 10.5 Å². The molecule has 128 valence electrons. The van der Waals surface area contributed by atoms with E-state index in [0.717, 1.165) is 11.4 Å². The second kappa shape index (κ2) is 7.30. The first-order valence-electron chi connectivity index (χ1n) is 7.80. The molecule has 0 amide bonds. The van der Waals surface area contributed by atoms with E-state index in [0.29, 0.717) is 16.4 Å². The van der Waals surface area contributed by atoms with E-state index in [2.05, 4.69) is 11.1 Å². The summed E-state index contributed by atoms with van der Waals surface area (Å²) in [5.74, 6) is 0.368. The Morgan fingerprint density at radius 1 is 1.15 bits per heavy atom. The fourth-order valence-electron chi connectivity index (χ4n) is 2.83. The largest absolute Gasteiger partial charge is 0.328 e. The predicted octanol–water partition coefficient (Wildman–Crippen LogP) is 2.94. The van der Waals surface area contributed by atoms with Crippen LogP contribution in [0.15, 0.2) is 59.0 Å². The van der Waals surface area contributed by atoms with Gasteiger partial charge in [0.2, 0.25) is 0 Å². The Kier molecular flexibility index (Phi) is 4.92. The number of thioether (sulfide) groups is 1. The molecule has 7 heteroatoms. The van der Waals surface area contributed by atoms with Crippen molar-refractivity contribution in [2.75, 3.05) is 29.6 Å². The summed E-state index contributed by atoms with van der Waals surface area (Å²) in [6, 6.07) is 15.1. The molecule has 1 aromatic carbocycles. The third kappa shape index (κ3) is 3.13. The minimum Gasteiger partial charge on any atom is -0.328 e. The van der Waals surface area contributed by atoms with Gasteiger partial charge in [0, 0.05) is 20.3 Å². The number of allylic oxidation sites excluding steroid dienone is 1. The molecule has 0 saturated carbocycles. The summed E-state index contributed by atoms with van der Waals surface area (Å²) in [5, 5.41) is 19.1. The maximum Gasteiger partial charge on any atom is 0.187 e. The standard InChI is InChI=1S/C19H15N5OS/c1-23-15-5-3-4-6-16(15)24(2)19(23)14(11-21)17(25)12-26-18-9-13(10-20)7-8-22-18/h3-9H,12H2,1-2H3. The smallest absolute Gasteiger partial charge is 0.187 e. The van der Waals surface area contributed by atoms with E-state index < -0.39 is 0 Å². The highest BCUT2D eigenvalue weighted by Gasteiger charge is 2.31. The van der Waals surface area contributed by atoms with Gasteiger partial charge in [0.1, 0.15) is 17.5 Å². The van der Waals surface area contributed by atoms with Crippen molar-refractivity contribution < 1.29 is 4.79 Å². The number of nitriles is 2. The SMILES string of the molecule is CN1C(=C(C#N)C(=O)CSc2cc(C#N)ccn2)N(C)c2ccccc21. The predicted molar refractivity (Wildman–Crippen MR) is 101 cm³/mol. The van der Waals surface area contributed by atoms with Gasteiger partial charge in [0.15, 0.2) is 5.78 Å². The molecule has 0 spiro atoms. The highest BCUT2D eigenvalue weighted by Crippen LogP contribution is 2.40. The molecule has 0 atom stereocenters. The molecule has 1 aliphatic heterocycles. The van der Waals surface area contributed by atoms with Crippen LogP contribution in [0.2, 0.25) is 0 Å². The zero-order valence-corrected chi connectivity index (χ0v) is 15.1. The van der Waals surface area contributed by atoms with E-state index in [-0.39, 0.29) is 17.1 Å². The van der Waals surface area contributed by atoms with Crippen LogP contribution in [0.25, 0.3) is 0 Å². The first-order chi connectivity index (χ1) is 12.6. The number of para-hydroxylation sites is 2. The molecule has 2 aromatic rings. The number of aromatic nitrogens is 1. The van der Waals surface area contributed by atoms with Crippen molar-refractivity contribution in [3.05, 3.63) is 59.6 Å². The Labute approximate surface area is 156 Å². The highest BCUT2D eigenvalue weighted by atomic mass is 32.2. The average molecular weight is 361 g/mol. The number of rotatable bonds is 4. The van der Waals surface area contributed by atoms with E-state index in [1.165, 1.54) is 18.0 Å². The van der Waals surface area contributed by atoms with Crippen molar-refractivity contribution in [2.45, 2.75) is 5.03 Å². The summed E-state index contributed by atoms with van der Waals surface area (Å²) in [4.78, 5) is 20.5. The lowest BCUT2D eigenvalue weighted by Crippen LogP contribution is -2.26. The third-order valence-electron chi connectivity index (χ3n) is 4.07. The van der Waals surface area contributed by atoms with Gasteiger partial charge < -0.3 is 9.80 Å². The molecule has 6 nitrogen and oxygen atoms in total. The van der Waals surface area contributed by atoms with Gasteiger partial charge in [-0.15, -0.1) is 0 Å². The van der Waals surface area contributed by atoms with Gasteiger partial charge in [-0.25, -0.2) is 4.98 Å². The maximum atomic E-state index is 12.7. The number of ketones is 1. The molecule has 0 unspecified atom stereocenters.